The van der Waals surface area contributed by atoms with Gasteiger partial charge in [-0.15, -0.1) is 6.58 Å². The third kappa shape index (κ3) is 7.43. The Balaban J connectivity index is 1.33. The van der Waals surface area contributed by atoms with Crippen LogP contribution in [0.25, 0.3) is 22.2 Å². The molecule has 1 saturated carbocycles. The number of hydrogen-bond donors (Lipinski definition) is 2. The van der Waals surface area contributed by atoms with Crippen LogP contribution in [0.1, 0.15) is 59.3 Å². The molecule has 3 aliphatic rings. The van der Waals surface area contributed by atoms with Gasteiger partial charge in [0.15, 0.2) is 0 Å². The average Bonchev–Trinajstić information content (AvgIpc) is 3.69. The minimum atomic E-state index is -1.47. The van der Waals surface area contributed by atoms with Crippen LogP contribution in [0, 0.1) is 17.3 Å². The number of carboxylic acids is 1. The molecule has 2 N–H and O–H groups in total. The Bertz CT molecular complexity index is 1820. The molecule has 6 rings (SSSR count). The number of carboxylic acid groups (broad SMARTS) is 1. The zero-order valence-electron chi connectivity index (χ0n) is 29.9. The molecule has 2 aromatic carbocycles. The van der Waals surface area contributed by atoms with Crippen LogP contribution in [-0.4, -0.2) is 88.0 Å². The molecule has 0 unspecified atom stereocenters. The summed E-state index contributed by atoms with van der Waals surface area (Å²) in [6.45, 7) is 11.0. The number of piperidine rings is 1. The lowest BCUT2D eigenvalue weighted by molar-refractivity contribution is -0.149. The molecule has 2 saturated heterocycles. The average molecular weight is 697 g/mol. The first kappa shape index (κ1) is 35.9. The molecule has 5 atom stereocenters. The van der Waals surface area contributed by atoms with Gasteiger partial charge in [-0.05, 0) is 43.2 Å². The van der Waals surface area contributed by atoms with E-state index >= 15 is 0 Å². The van der Waals surface area contributed by atoms with Crippen molar-refractivity contribution >= 4 is 34.6 Å². The largest absolute Gasteiger partial charge is 0.497 e. The van der Waals surface area contributed by atoms with Gasteiger partial charge in [0.25, 0.3) is 0 Å². The Morgan fingerprint density at radius 3 is 2.43 bits per heavy atom. The van der Waals surface area contributed by atoms with Crippen molar-refractivity contribution in [2.24, 2.45) is 17.3 Å². The van der Waals surface area contributed by atoms with Gasteiger partial charge in [-0.25, -0.2) is 9.78 Å². The maximum absolute atomic E-state index is 14.6. The second-order valence-corrected chi connectivity index (χ2v) is 15.1. The van der Waals surface area contributed by atoms with Crippen molar-refractivity contribution in [1.82, 2.24) is 20.1 Å². The van der Waals surface area contributed by atoms with Crippen LogP contribution in [0.4, 0.5) is 0 Å². The van der Waals surface area contributed by atoms with Gasteiger partial charge in [-0.1, -0.05) is 57.2 Å². The van der Waals surface area contributed by atoms with Gasteiger partial charge in [-0.2, -0.15) is 0 Å². The van der Waals surface area contributed by atoms with E-state index in [-0.39, 0.29) is 37.6 Å². The molecule has 11 nitrogen and oxygen atoms in total. The number of likely N-dealkylation sites (tertiary alicyclic amines) is 2. The van der Waals surface area contributed by atoms with Crippen LogP contribution in [-0.2, 0) is 19.2 Å². The third-order valence-electron chi connectivity index (χ3n) is 10.6. The van der Waals surface area contributed by atoms with Crippen molar-refractivity contribution in [2.45, 2.75) is 77.0 Å². The minimum absolute atomic E-state index is 0.0214. The van der Waals surface area contributed by atoms with Gasteiger partial charge in [0.1, 0.15) is 29.2 Å². The van der Waals surface area contributed by atoms with Gasteiger partial charge in [0.05, 0.1) is 30.8 Å². The Hall–Kier alpha value is -4.93. The molecule has 0 radical (unpaired) electrons. The van der Waals surface area contributed by atoms with E-state index in [1.165, 1.54) is 11.0 Å². The fraction of sp³-hybridized carbons (Fsp3) is 0.475. The highest BCUT2D eigenvalue weighted by Crippen LogP contribution is 2.45. The predicted octanol–water partition coefficient (Wildman–Crippen LogP) is 5.47. The number of ether oxygens (including phenoxy) is 2. The summed E-state index contributed by atoms with van der Waals surface area (Å²) in [6, 6.07) is 16.1. The number of methoxy groups -OCH3 is 1. The van der Waals surface area contributed by atoms with Crippen molar-refractivity contribution < 1.29 is 33.8 Å². The number of carbonyl (C=O) groups is 4. The molecule has 1 aliphatic carbocycles. The minimum Gasteiger partial charge on any atom is -0.497 e. The quantitative estimate of drug-likeness (QED) is 0.252. The number of nitrogens with zero attached hydrogens (tertiary/aromatic N) is 3. The molecule has 0 spiro atoms. The lowest BCUT2D eigenvalue weighted by atomic mass is 9.77. The van der Waals surface area contributed by atoms with E-state index in [1.807, 2.05) is 80.3 Å². The second kappa shape index (κ2) is 14.4. The first-order valence-corrected chi connectivity index (χ1v) is 17.8. The van der Waals surface area contributed by atoms with E-state index in [4.69, 9.17) is 14.5 Å². The van der Waals surface area contributed by atoms with E-state index in [9.17, 15) is 24.3 Å². The highest BCUT2D eigenvalue weighted by molar-refractivity contribution is 5.96. The maximum Gasteiger partial charge on any atom is 0.330 e. The lowest BCUT2D eigenvalue weighted by Crippen LogP contribution is -2.54. The van der Waals surface area contributed by atoms with Crippen LogP contribution in [0.2, 0.25) is 0 Å². The zero-order chi connectivity index (χ0) is 36.5. The summed E-state index contributed by atoms with van der Waals surface area (Å²) in [7, 11) is 1.59. The molecule has 0 bridgehead atoms. The molecule has 3 heterocycles. The first-order chi connectivity index (χ1) is 24.3. The Kier molecular flexibility index (Phi) is 10.1. The molecule has 3 amide bonds. The fourth-order valence-corrected chi connectivity index (χ4v) is 7.44. The van der Waals surface area contributed by atoms with Gasteiger partial charge in [0, 0.05) is 54.9 Å². The van der Waals surface area contributed by atoms with Crippen molar-refractivity contribution in [1.29, 1.82) is 0 Å². The smallest absolute Gasteiger partial charge is 0.330 e. The van der Waals surface area contributed by atoms with Crippen molar-refractivity contribution in [2.75, 3.05) is 26.7 Å². The molecule has 270 valence electrons. The molecular weight excluding hydrogens is 648 g/mol. The molecule has 1 aromatic heterocycles. The summed E-state index contributed by atoms with van der Waals surface area (Å²) in [5.74, 6) is -2.07. The van der Waals surface area contributed by atoms with Crippen LogP contribution in [0.15, 0.2) is 67.3 Å². The van der Waals surface area contributed by atoms with Gasteiger partial charge >= 0.3 is 5.97 Å². The van der Waals surface area contributed by atoms with E-state index in [0.29, 0.717) is 35.8 Å². The van der Waals surface area contributed by atoms with Gasteiger partial charge < -0.3 is 29.7 Å². The number of pyridine rings is 1. The predicted molar refractivity (Wildman–Crippen MR) is 193 cm³/mol. The number of benzene rings is 2. The molecule has 3 aromatic rings. The summed E-state index contributed by atoms with van der Waals surface area (Å²) in [6.07, 6.45) is 4.25. The van der Waals surface area contributed by atoms with Gasteiger partial charge in [0.2, 0.25) is 17.7 Å². The van der Waals surface area contributed by atoms with E-state index in [1.54, 1.807) is 7.11 Å². The van der Waals surface area contributed by atoms with Crippen molar-refractivity contribution in [3.05, 3.63) is 67.3 Å². The number of nitrogens with one attached hydrogen (secondary N) is 1. The summed E-state index contributed by atoms with van der Waals surface area (Å²) in [4.78, 5) is 62.8. The number of rotatable bonds is 11. The van der Waals surface area contributed by atoms with Crippen LogP contribution in [0.5, 0.6) is 11.5 Å². The normalized spacial score (nSPS) is 23.7. The van der Waals surface area contributed by atoms with Gasteiger partial charge in [-0.3, -0.25) is 14.4 Å². The number of aromatic nitrogens is 1. The summed E-state index contributed by atoms with van der Waals surface area (Å²) in [5, 5.41) is 13.6. The van der Waals surface area contributed by atoms with Crippen LogP contribution >= 0.6 is 0 Å². The Labute approximate surface area is 299 Å². The molecule has 11 heteroatoms. The third-order valence-corrected chi connectivity index (χ3v) is 10.6. The van der Waals surface area contributed by atoms with E-state index < -0.39 is 46.8 Å². The molecule has 2 aliphatic heterocycles. The number of amides is 3. The Morgan fingerprint density at radius 1 is 1.08 bits per heavy atom. The fourth-order valence-electron chi connectivity index (χ4n) is 7.44. The summed E-state index contributed by atoms with van der Waals surface area (Å²) < 4.78 is 12.2. The standard InChI is InChI=1S/C40H48N4O7/c1-6-26-23-40(26,38(48)49)42-36(46)33-20-28(24-44(33)37(47)30(39(2,3)4)21-35(45)43-17-11-8-12-18-43)51-34-22-31(25-13-9-7-10-14-25)41-32-19-27(50-5)15-16-29(32)34/h6-7,9-10,13-16,19,22,26,28,30,33H,1,8,11-12,17-18,20-21,23-24H2,2-5H3,(H,42,46)(H,48,49)/t26-,28-,30-,33+,40-/m1/s1. The van der Waals surface area contributed by atoms with E-state index in [0.717, 1.165) is 30.2 Å². The first-order valence-electron chi connectivity index (χ1n) is 17.8. The number of aliphatic carboxylic acids is 1. The number of fused-ring (bicyclic) bond motifs is 1. The summed E-state index contributed by atoms with van der Waals surface area (Å²) in [5.41, 5.74) is 0.162. The summed E-state index contributed by atoms with van der Waals surface area (Å²) >= 11 is 0. The molecule has 3 fully saturated rings. The second-order valence-electron chi connectivity index (χ2n) is 15.1. The Morgan fingerprint density at radius 2 is 1.80 bits per heavy atom. The number of carbonyl (C=O) groups excluding carboxylic acids is 3. The SMILES string of the molecule is C=C[C@@H]1C[C@]1(NC(=O)[C@@H]1C[C@@H](Oc2cc(-c3ccccc3)nc3cc(OC)ccc23)CN1C(=O)[C@@H](CC(=O)N1CCCCC1)C(C)(C)C)C(=O)O. The highest BCUT2D eigenvalue weighted by Gasteiger charge is 2.61. The maximum atomic E-state index is 14.6. The lowest BCUT2D eigenvalue weighted by Gasteiger charge is -2.36. The molecule has 51 heavy (non-hydrogen) atoms. The zero-order valence-corrected chi connectivity index (χ0v) is 29.9. The van der Waals surface area contributed by atoms with Crippen molar-refractivity contribution in [3.63, 3.8) is 0 Å². The highest BCUT2D eigenvalue weighted by atomic mass is 16.5. The van der Waals surface area contributed by atoms with E-state index in [2.05, 4.69) is 11.9 Å². The monoisotopic (exact) mass is 696 g/mol. The molecular formula is C40H48N4O7. The van der Waals surface area contributed by atoms with Crippen LogP contribution < -0.4 is 14.8 Å². The van der Waals surface area contributed by atoms with Crippen LogP contribution in [0.3, 0.4) is 0 Å². The topological polar surface area (TPSA) is 138 Å². The van der Waals surface area contributed by atoms with Crippen molar-refractivity contribution in [3.8, 4) is 22.8 Å². The number of hydrogen-bond acceptors (Lipinski definition) is 7.